The molecule has 0 bridgehead atoms. The summed E-state index contributed by atoms with van der Waals surface area (Å²) in [6.45, 7) is 2.23. The number of carboxylic acid groups (broad SMARTS) is 1. The van der Waals surface area contributed by atoms with Crippen LogP contribution in [0.2, 0.25) is 0 Å². The molecule has 0 spiro atoms. The number of carbonyl (C=O) groups is 2. The van der Waals surface area contributed by atoms with E-state index in [1.54, 1.807) is 0 Å². The third kappa shape index (κ3) is 4.27. The van der Waals surface area contributed by atoms with Crippen molar-refractivity contribution in [2.75, 3.05) is 5.75 Å². The number of amides is 1. The van der Waals surface area contributed by atoms with Gasteiger partial charge in [-0.15, -0.1) is 0 Å². The molecule has 0 aliphatic carbocycles. The van der Waals surface area contributed by atoms with E-state index in [9.17, 15) is 18.0 Å². The SMILES string of the molecule is CC(=O)NC(CS(=O)(=O)C(C)C#N)C(=O)O. The summed E-state index contributed by atoms with van der Waals surface area (Å²) in [4.78, 5) is 21.3. The maximum Gasteiger partial charge on any atom is 0.327 e. The Hall–Kier alpha value is -1.62. The van der Waals surface area contributed by atoms with Gasteiger partial charge in [-0.1, -0.05) is 0 Å². The summed E-state index contributed by atoms with van der Waals surface area (Å²) in [5.74, 6) is -2.90. The molecule has 16 heavy (non-hydrogen) atoms. The smallest absolute Gasteiger partial charge is 0.327 e. The first kappa shape index (κ1) is 14.4. The van der Waals surface area contributed by atoms with Gasteiger partial charge < -0.3 is 10.4 Å². The molecule has 8 heteroatoms. The van der Waals surface area contributed by atoms with Crippen molar-refractivity contribution in [3.8, 4) is 6.07 Å². The van der Waals surface area contributed by atoms with Gasteiger partial charge >= 0.3 is 5.97 Å². The summed E-state index contributed by atoms with van der Waals surface area (Å²) < 4.78 is 22.8. The van der Waals surface area contributed by atoms with Crippen LogP contribution in [0.1, 0.15) is 13.8 Å². The topological polar surface area (TPSA) is 124 Å². The molecule has 7 nitrogen and oxygen atoms in total. The van der Waals surface area contributed by atoms with Gasteiger partial charge in [0, 0.05) is 6.92 Å². The van der Waals surface area contributed by atoms with E-state index in [2.05, 4.69) is 0 Å². The minimum absolute atomic E-state index is 0.646. The third-order valence-electron chi connectivity index (χ3n) is 1.80. The Kier molecular flexibility index (Phi) is 4.91. The average Bonchev–Trinajstić information content (AvgIpc) is 2.14. The van der Waals surface area contributed by atoms with Crippen LogP contribution >= 0.6 is 0 Å². The number of nitrogens with one attached hydrogen (secondary N) is 1. The summed E-state index contributed by atoms with van der Waals surface area (Å²) in [7, 11) is -3.86. The number of nitriles is 1. The Morgan fingerprint density at radius 2 is 2.00 bits per heavy atom. The third-order valence-corrected chi connectivity index (χ3v) is 3.78. The summed E-state index contributed by atoms with van der Waals surface area (Å²) >= 11 is 0. The van der Waals surface area contributed by atoms with Gasteiger partial charge in [-0.3, -0.25) is 4.79 Å². The second kappa shape index (κ2) is 5.46. The zero-order valence-electron chi connectivity index (χ0n) is 8.80. The molecule has 0 aromatic heterocycles. The van der Waals surface area contributed by atoms with Crippen LogP contribution in [0.25, 0.3) is 0 Å². The monoisotopic (exact) mass is 248 g/mol. The van der Waals surface area contributed by atoms with Crippen LogP contribution in [-0.2, 0) is 19.4 Å². The Bertz CT molecular complexity index is 422. The number of carbonyl (C=O) groups excluding carboxylic acids is 1. The van der Waals surface area contributed by atoms with E-state index in [1.165, 1.54) is 6.07 Å². The summed E-state index contributed by atoms with van der Waals surface area (Å²) in [5, 5.41) is 17.8. The molecule has 0 heterocycles. The van der Waals surface area contributed by atoms with Crippen LogP contribution in [0.15, 0.2) is 0 Å². The number of aliphatic carboxylic acids is 1. The summed E-state index contributed by atoms with van der Waals surface area (Å²) in [6.07, 6.45) is 0. The summed E-state index contributed by atoms with van der Waals surface area (Å²) in [6, 6.07) is -0.0201. The number of rotatable bonds is 5. The highest BCUT2D eigenvalue weighted by atomic mass is 32.2. The fourth-order valence-corrected chi connectivity index (χ4v) is 2.02. The van der Waals surface area contributed by atoms with Gasteiger partial charge in [0.15, 0.2) is 9.84 Å². The quantitative estimate of drug-likeness (QED) is 0.636. The number of nitrogens with zero attached hydrogens (tertiary/aromatic N) is 1. The van der Waals surface area contributed by atoms with Crippen LogP contribution < -0.4 is 5.32 Å². The summed E-state index contributed by atoms with van der Waals surface area (Å²) in [5.41, 5.74) is 0. The molecule has 0 aliphatic heterocycles. The number of sulfone groups is 1. The zero-order chi connectivity index (χ0) is 12.9. The van der Waals surface area contributed by atoms with E-state index < -0.39 is 38.8 Å². The van der Waals surface area contributed by atoms with E-state index in [0.717, 1.165) is 13.8 Å². The van der Waals surface area contributed by atoms with Crippen molar-refractivity contribution in [1.29, 1.82) is 5.26 Å². The lowest BCUT2D eigenvalue weighted by atomic mass is 10.3. The van der Waals surface area contributed by atoms with Gasteiger partial charge in [0.1, 0.15) is 11.3 Å². The van der Waals surface area contributed by atoms with Gasteiger partial charge in [0.2, 0.25) is 5.91 Å². The Labute approximate surface area is 93.0 Å². The Morgan fingerprint density at radius 1 is 1.50 bits per heavy atom. The predicted octanol–water partition coefficient (Wildman–Crippen LogP) is -1.10. The van der Waals surface area contributed by atoms with E-state index in [-0.39, 0.29) is 0 Å². The first-order valence-electron chi connectivity index (χ1n) is 4.31. The van der Waals surface area contributed by atoms with Crippen LogP contribution in [0.5, 0.6) is 0 Å². The molecule has 0 aromatic carbocycles. The Morgan fingerprint density at radius 3 is 2.31 bits per heavy atom. The molecule has 0 aromatic rings. The molecule has 2 atom stereocenters. The molecule has 0 saturated carbocycles. The number of hydrogen-bond acceptors (Lipinski definition) is 5. The highest BCUT2D eigenvalue weighted by Gasteiger charge is 2.29. The fraction of sp³-hybridized carbons (Fsp3) is 0.625. The molecule has 0 saturated heterocycles. The van der Waals surface area contributed by atoms with Crippen molar-refractivity contribution >= 4 is 21.7 Å². The molecule has 0 rings (SSSR count). The molecule has 0 aliphatic rings. The zero-order valence-corrected chi connectivity index (χ0v) is 9.61. The minimum Gasteiger partial charge on any atom is -0.480 e. The van der Waals surface area contributed by atoms with Gasteiger partial charge in [-0.2, -0.15) is 5.26 Å². The van der Waals surface area contributed by atoms with Crippen molar-refractivity contribution in [3.63, 3.8) is 0 Å². The van der Waals surface area contributed by atoms with Crippen LogP contribution in [-0.4, -0.2) is 42.4 Å². The highest BCUT2D eigenvalue weighted by molar-refractivity contribution is 7.92. The molecule has 2 unspecified atom stereocenters. The molecular formula is C8H12N2O5S. The molecule has 2 N–H and O–H groups in total. The Balaban J connectivity index is 4.85. The minimum atomic E-state index is -3.86. The molecular weight excluding hydrogens is 236 g/mol. The van der Waals surface area contributed by atoms with Crippen molar-refractivity contribution < 1.29 is 23.1 Å². The van der Waals surface area contributed by atoms with E-state index in [1.807, 2.05) is 5.32 Å². The van der Waals surface area contributed by atoms with E-state index >= 15 is 0 Å². The van der Waals surface area contributed by atoms with Crippen molar-refractivity contribution in [1.82, 2.24) is 5.32 Å². The standard InChI is InChI=1S/C8H12N2O5S/c1-5(3-9)16(14,15)4-7(8(12)13)10-6(2)11/h5,7H,4H2,1-2H3,(H,10,11)(H,12,13). The van der Waals surface area contributed by atoms with Crippen molar-refractivity contribution in [2.45, 2.75) is 25.1 Å². The normalized spacial score (nSPS) is 14.6. The maximum absolute atomic E-state index is 11.4. The van der Waals surface area contributed by atoms with Gasteiger partial charge in [0.05, 0.1) is 11.8 Å². The lowest BCUT2D eigenvalue weighted by Gasteiger charge is -2.14. The van der Waals surface area contributed by atoms with Crippen LogP contribution in [0.4, 0.5) is 0 Å². The largest absolute Gasteiger partial charge is 0.480 e. The first-order chi connectivity index (χ1) is 7.20. The molecule has 0 fully saturated rings. The van der Waals surface area contributed by atoms with Crippen LogP contribution in [0, 0.1) is 11.3 Å². The lowest BCUT2D eigenvalue weighted by Crippen LogP contribution is -2.45. The van der Waals surface area contributed by atoms with Crippen LogP contribution in [0.3, 0.4) is 0 Å². The van der Waals surface area contributed by atoms with Crippen molar-refractivity contribution in [3.05, 3.63) is 0 Å². The maximum atomic E-state index is 11.4. The fourth-order valence-electron chi connectivity index (χ4n) is 0.877. The average molecular weight is 248 g/mol. The van der Waals surface area contributed by atoms with Gasteiger partial charge in [0.25, 0.3) is 0 Å². The van der Waals surface area contributed by atoms with Gasteiger partial charge in [-0.05, 0) is 6.92 Å². The first-order valence-corrected chi connectivity index (χ1v) is 6.03. The molecule has 90 valence electrons. The predicted molar refractivity (Wildman–Crippen MR) is 54.1 cm³/mol. The van der Waals surface area contributed by atoms with E-state index in [4.69, 9.17) is 10.4 Å². The molecule has 0 radical (unpaired) electrons. The second-order valence-corrected chi connectivity index (χ2v) is 5.56. The second-order valence-electron chi connectivity index (χ2n) is 3.19. The van der Waals surface area contributed by atoms with Gasteiger partial charge in [-0.25, -0.2) is 13.2 Å². The van der Waals surface area contributed by atoms with E-state index in [0.29, 0.717) is 0 Å². The lowest BCUT2D eigenvalue weighted by molar-refractivity contribution is -0.140. The number of carboxylic acids is 1. The highest BCUT2D eigenvalue weighted by Crippen LogP contribution is 2.03. The van der Waals surface area contributed by atoms with Crippen molar-refractivity contribution in [2.24, 2.45) is 0 Å². The molecule has 1 amide bonds. The number of hydrogen-bond donors (Lipinski definition) is 2.